The van der Waals surface area contributed by atoms with Gasteiger partial charge < -0.3 is 24.4 Å². The van der Waals surface area contributed by atoms with Crippen molar-refractivity contribution in [1.29, 1.82) is 0 Å². The third kappa shape index (κ3) is 7.48. The van der Waals surface area contributed by atoms with Crippen LogP contribution in [0.5, 0.6) is 17.2 Å². The third-order valence-corrected chi connectivity index (χ3v) is 5.12. The van der Waals surface area contributed by atoms with Crippen molar-refractivity contribution in [1.82, 2.24) is 10.2 Å². The van der Waals surface area contributed by atoms with E-state index in [4.69, 9.17) is 14.2 Å². The Labute approximate surface area is 190 Å². The average Bonchev–Trinajstić information content (AvgIpc) is 2.80. The van der Waals surface area contributed by atoms with Crippen LogP contribution in [-0.4, -0.2) is 50.1 Å². The largest absolute Gasteiger partial charge is 0.496 e. The summed E-state index contributed by atoms with van der Waals surface area (Å²) in [5.41, 5.74) is 2.05. The molecule has 2 amide bonds. The number of carbonyl (C=O) groups is 2. The van der Waals surface area contributed by atoms with Crippen molar-refractivity contribution in [3.05, 3.63) is 53.6 Å². The molecule has 0 aliphatic carbocycles. The molecule has 0 bridgehead atoms. The average molecular weight is 443 g/mol. The molecule has 0 fully saturated rings. The molecule has 2 rings (SSSR count). The fraction of sp³-hybridized carbons (Fsp3) is 0.440. The van der Waals surface area contributed by atoms with E-state index in [2.05, 4.69) is 12.2 Å². The van der Waals surface area contributed by atoms with Crippen LogP contribution in [0, 0.1) is 6.92 Å². The second-order valence-corrected chi connectivity index (χ2v) is 7.67. The highest BCUT2D eigenvalue weighted by Gasteiger charge is 2.26. The second-order valence-electron chi connectivity index (χ2n) is 7.67. The minimum Gasteiger partial charge on any atom is -0.496 e. The van der Waals surface area contributed by atoms with E-state index in [0.29, 0.717) is 30.3 Å². The van der Waals surface area contributed by atoms with E-state index in [1.165, 1.54) is 0 Å². The quantitative estimate of drug-likeness (QED) is 0.507. The van der Waals surface area contributed by atoms with E-state index in [9.17, 15) is 9.59 Å². The molecule has 2 aromatic carbocycles. The summed E-state index contributed by atoms with van der Waals surface area (Å²) in [6.07, 6.45) is 1.88. The van der Waals surface area contributed by atoms with Gasteiger partial charge in [0.05, 0.1) is 14.2 Å². The van der Waals surface area contributed by atoms with Gasteiger partial charge in [0.25, 0.3) is 5.91 Å². The van der Waals surface area contributed by atoms with E-state index in [-0.39, 0.29) is 18.4 Å². The van der Waals surface area contributed by atoms with Gasteiger partial charge in [0.15, 0.2) is 6.61 Å². The molecule has 0 aromatic heterocycles. The summed E-state index contributed by atoms with van der Waals surface area (Å²) in [5, 5.41) is 2.91. The maximum atomic E-state index is 13.1. The van der Waals surface area contributed by atoms with Crippen LogP contribution in [-0.2, 0) is 16.1 Å². The minimum absolute atomic E-state index is 0.178. The first-order valence-corrected chi connectivity index (χ1v) is 10.9. The zero-order chi connectivity index (χ0) is 23.5. The van der Waals surface area contributed by atoms with Crippen LogP contribution in [0.1, 0.15) is 37.8 Å². The SMILES string of the molecule is CCCCNC(=O)[C@@H](C)N(Cc1cccc(C)c1)C(=O)COc1cc(OC)cc(OC)c1. The molecule has 32 heavy (non-hydrogen) atoms. The molecular formula is C25H34N2O5. The Morgan fingerprint density at radius 1 is 1.03 bits per heavy atom. The molecule has 7 heteroatoms. The standard InChI is InChI=1S/C25H34N2O5/c1-6-7-11-26-25(29)19(3)27(16-20-10-8-9-18(2)12-20)24(28)17-32-23-14-21(30-4)13-22(15-23)31-5/h8-10,12-15,19H,6-7,11,16-17H2,1-5H3,(H,26,29)/t19-/m1/s1. The van der Waals surface area contributed by atoms with Crippen molar-refractivity contribution < 1.29 is 23.8 Å². The Kier molecular flexibility index (Phi) is 9.85. The number of amides is 2. The van der Waals surface area contributed by atoms with Crippen molar-refractivity contribution in [3.8, 4) is 17.2 Å². The van der Waals surface area contributed by atoms with Gasteiger partial charge in [-0.1, -0.05) is 43.2 Å². The van der Waals surface area contributed by atoms with Gasteiger partial charge in [0.1, 0.15) is 23.3 Å². The van der Waals surface area contributed by atoms with Crippen LogP contribution < -0.4 is 19.5 Å². The molecule has 0 unspecified atom stereocenters. The van der Waals surface area contributed by atoms with Gasteiger partial charge in [-0.15, -0.1) is 0 Å². The van der Waals surface area contributed by atoms with Crippen molar-refractivity contribution >= 4 is 11.8 Å². The lowest BCUT2D eigenvalue weighted by atomic mass is 10.1. The molecule has 0 aliphatic rings. The highest BCUT2D eigenvalue weighted by atomic mass is 16.5. The third-order valence-electron chi connectivity index (χ3n) is 5.12. The maximum absolute atomic E-state index is 13.1. The molecule has 0 spiro atoms. The van der Waals surface area contributed by atoms with E-state index in [0.717, 1.165) is 24.0 Å². The van der Waals surface area contributed by atoms with Crippen LogP contribution in [0.2, 0.25) is 0 Å². The van der Waals surface area contributed by atoms with Gasteiger partial charge in [0.2, 0.25) is 5.91 Å². The van der Waals surface area contributed by atoms with Crippen LogP contribution in [0.25, 0.3) is 0 Å². The van der Waals surface area contributed by atoms with Gasteiger partial charge in [-0.3, -0.25) is 9.59 Å². The van der Waals surface area contributed by atoms with E-state index in [1.54, 1.807) is 44.2 Å². The first-order valence-electron chi connectivity index (χ1n) is 10.9. The first-order chi connectivity index (χ1) is 15.4. The van der Waals surface area contributed by atoms with Gasteiger partial charge in [-0.05, 0) is 25.8 Å². The Bertz CT molecular complexity index is 877. The van der Waals surface area contributed by atoms with Gasteiger partial charge in [-0.2, -0.15) is 0 Å². The van der Waals surface area contributed by atoms with Gasteiger partial charge in [-0.25, -0.2) is 0 Å². The van der Waals surface area contributed by atoms with Crippen molar-refractivity contribution in [3.63, 3.8) is 0 Å². The highest BCUT2D eigenvalue weighted by molar-refractivity contribution is 5.88. The number of aryl methyl sites for hydroxylation is 1. The molecular weight excluding hydrogens is 408 g/mol. The lowest BCUT2D eigenvalue weighted by molar-refractivity contribution is -0.142. The number of nitrogens with one attached hydrogen (secondary N) is 1. The van der Waals surface area contributed by atoms with Gasteiger partial charge in [0, 0.05) is 31.3 Å². The van der Waals surface area contributed by atoms with E-state index in [1.807, 2.05) is 31.2 Å². The van der Waals surface area contributed by atoms with Crippen LogP contribution >= 0.6 is 0 Å². The fourth-order valence-electron chi connectivity index (χ4n) is 3.22. The monoisotopic (exact) mass is 442 g/mol. The number of hydrogen-bond donors (Lipinski definition) is 1. The topological polar surface area (TPSA) is 77.1 Å². The first kappa shape index (κ1) is 25.0. The number of ether oxygens (including phenoxy) is 3. The number of benzene rings is 2. The summed E-state index contributed by atoms with van der Waals surface area (Å²) in [6.45, 7) is 6.49. The van der Waals surface area contributed by atoms with Crippen molar-refractivity contribution in [2.75, 3.05) is 27.4 Å². The predicted molar refractivity (Wildman–Crippen MR) is 124 cm³/mol. The molecule has 0 radical (unpaired) electrons. The summed E-state index contributed by atoms with van der Waals surface area (Å²) < 4.78 is 16.2. The smallest absolute Gasteiger partial charge is 0.261 e. The molecule has 0 heterocycles. The van der Waals surface area contributed by atoms with Crippen LogP contribution in [0.3, 0.4) is 0 Å². The molecule has 7 nitrogen and oxygen atoms in total. The zero-order valence-electron chi connectivity index (χ0n) is 19.6. The number of hydrogen-bond acceptors (Lipinski definition) is 5. The fourth-order valence-corrected chi connectivity index (χ4v) is 3.22. The van der Waals surface area contributed by atoms with Gasteiger partial charge >= 0.3 is 0 Å². The normalized spacial score (nSPS) is 11.4. The number of unbranched alkanes of at least 4 members (excludes halogenated alkanes) is 1. The molecule has 2 aromatic rings. The minimum atomic E-state index is -0.636. The summed E-state index contributed by atoms with van der Waals surface area (Å²) in [5.74, 6) is 1.11. The molecule has 0 saturated heterocycles. The Morgan fingerprint density at radius 2 is 1.69 bits per heavy atom. The molecule has 1 atom stereocenters. The molecule has 0 saturated carbocycles. The number of carbonyl (C=O) groups excluding carboxylic acids is 2. The molecule has 174 valence electrons. The van der Waals surface area contributed by atoms with Crippen molar-refractivity contribution in [2.24, 2.45) is 0 Å². The maximum Gasteiger partial charge on any atom is 0.261 e. The number of rotatable bonds is 12. The second kappa shape index (κ2) is 12.6. The lowest BCUT2D eigenvalue weighted by Gasteiger charge is -2.29. The molecule has 0 aliphatic heterocycles. The summed E-state index contributed by atoms with van der Waals surface area (Å²) in [6, 6.07) is 12.3. The van der Waals surface area contributed by atoms with Crippen LogP contribution in [0.4, 0.5) is 0 Å². The lowest BCUT2D eigenvalue weighted by Crippen LogP contribution is -2.49. The van der Waals surface area contributed by atoms with E-state index >= 15 is 0 Å². The zero-order valence-corrected chi connectivity index (χ0v) is 19.6. The summed E-state index contributed by atoms with van der Waals surface area (Å²) in [4.78, 5) is 27.4. The van der Waals surface area contributed by atoms with E-state index < -0.39 is 6.04 Å². The molecule has 1 N–H and O–H groups in total. The Balaban J connectivity index is 2.16. The number of nitrogens with zero attached hydrogens (tertiary/aromatic N) is 1. The Hall–Kier alpha value is -3.22. The van der Waals surface area contributed by atoms with Crippen molar-refractivity contribution in [2.45, 2.75) is 46.2 Å². The summed E-state index contributed by atoms with van der Waals surface area (Å²) >= 11 is 0. The predicted octanol–water partition coefficient (Wildman–Crippen LogP) is 3.72. The Morgan fingerprint density at radius 3 is 2.28 bits per heavy atom. The summed E-state index contributed by atoms with van der Waals surface area (Å²) in [7, 11) is 3.10. The number of methoxy groups -OCH3 is 2. The van der Waals surface area contributed by atoms with Crippen LogP contribution in [0.15, 0.2) is 42.5 Å². The highest BCUT2D eigenvalue weighted by Crippen LogP contribution is 2.27.